The maximum absolute atomic E-state index is 6.64. The van der Waals surface area contributed by atoms with Gasteiger partial charge in [0.25, 0.3) is 0 Å². The number of nitrogens with one attached hydrogen (secondary N) is 1. The van der Waals surface area contributed by atoms with Crippen LogP contribution in [0, 0.1) is 0 Å². The van der Waals surface area contributed by atoms with E-state index < -0.39 is 0 Å². The largest absolute Gasteiger partial charge is 0.485 e. The highest BCUT2D eigenvalue weighted by Gasteiger charge is 2.42. The van der Waals surface area contributed by atoms with Gasteiger partial charge < -0.3 is 10.1 Å². The summed E-state index contributed by atoms with van der Waals surface area (Å²) < 4.78 is 6.64. The number of hydrogen-bond donors (Lipinski definition) is 1. The number of piperidine rings is 1. The molecule has 2 aliphatic rings. The minimum absolute atomic E-state index is 0.0885. The average molecular weight is 476 g/mol. The van der Waals surface area contributed by atoms with Crippen molar-refractivity contribution in [3.8, 4) is 5.75 Å². The highest BCUT2D eigenvalue weighted by atomic mass is 32.1. The Morgan fingerprint density at radius 1 is 1.00 bits per heavy atom. The number of nitrogens with zero attached hydrogens (tertiary/aromatic N) is 2. The van der Waals surface area contributed by atoms with Gasteiger partial charge in [0.05, 0.1) is 0 Å². The lowest BCUT2D eigenvalue weighted by atomic mass is 9.74. The van der Waals surface area contributed by atoms with Gasteiger partial charge in [-0.1, -0.05) is 48.5 Å². The molecule has 2 aliphatic heterocycles. The van der Waals surface area contributed by atoms with Crippen LogP contribution in [-0.4, -0.2) is 50.1 Å². The van der Waals surface area contributed by atoms with Crippen molar-refractivity contribution < 1.29 is 4.74 Å². The van der Waals surface area contributed by atoms with Crippen molar-refractivity contribution in [1.82, 2.24) is 15.1 Å². The Morgan fingerprint density at radius 3 is 2.59 bits per heavy atom. The highest BCUT2D eigenvalue weighted by molar-refractivity contribution is 7.10. The molecule has 0 saturated carbocycles. The Labute approximate surface area is 208 Å². The van der Waals surface area contributed by atoms with E-state index in [0.29, 0.717) is 0 Å². The number of likely N-dealkylation sites (tertiary alicyclic amines) is 1. The average Bonchev–Trinajstić information content (AvgIpc) is 3.41. The van der Waals surface area contributed by atoms with Gasteiger partial charge in [-0.05, 0) is 68.5 Å². The molecule has 1 spiro atoms. The summed E-state index contributed by atoms with van der Waals surface area (Å²) in [5, 5.41) is 5.42. The van der Waals surface area contributed by atoms with Gasteiger partial charge in [0.15, 0.2) is 0 Å². The van der Waals surface area contributed by atoms with Gasteiger partial charge in [-0.15, -0.1) is 11.3 Å². The van der Waals surface area contributed by atoms with E-state index in [1.54, 1.807) is 22.5 Å². The number of thiophene rings is 1. The van der Waals surface area contributed by atoms with E-state index in [-0.39, 0.29) is 11.6 Å². The first-order chi connectivity index (χ1) is 16.7. The van der Waals surface area contributed by atoms with Crippen LogP contribution in [0.1, 0.15) is 46.9 Å². The Hall–Kier alpha value is -2.18. The van der Waals surface area contributed by atoms with Gasteiger partial charge in [-0.25, -0.2) is 0 Å². The van der Waals surface area contributed by atoms with Crippen LogP contribution in [0.3, 0.4) is 0 Å². The molecule has 180 valence electrons. The molecule has 5 rings (SSSR count). The second-order valence-electron chi connectivity index (χ2n) is 9.76. The fourth-order valence-corrected chi connectivity index (χ4v) is 6.57. The molecule has 0 aliphatic carbocycles. The smallest absolute Gasteiger partial charge is 0.134 e. The van der Waals surface area contributed by atoms with E-state index in [0.717, 1.165) is 44.9 Å². The first kappa shape index (κ1) is 23.6. The van der Waals surface area contributed by atoms with E-state index in [4.69, 9.17) is 4.74 Å². The number of rotatable bonds is 8. The molecule has 1 fully saturated rings. The molecule has 1 atom stereocenters. The van der Waals surface area contributed by atoms with Crippen molar-refractivity contribution in [1.29, 1.82) is 0 Å². The summed E-state index contributed by atoms with van der Waals surface area (Å²) in [6.07, 6.45) is 4.59. The topological polar surface area (TPSA) is 27.7 Å². The molecule has 1 N–H and O–H groups in total. The maximum atomic E-state index is 6.64. The second-order valence-corrected chi connectivity index (χ2v) is 10.7. The zero-order valence-electron chi connectivity index (χ0n) is 20.5. The van der Waals surface area contributed by atoms with Gasteiger partial charge in [0.1, 0.15) is 11.9 Å². The highest BCUT2D eigenvalue weighted by Crippen LogP contribution is 2.43. The van der Waals surface area contributed by atoms with Crippen molar-refractivity contribution in [2.75, 3.05) is 40.3 Å². The summed E-state index contributed by atoms with van der Waals surface area (Å²) in [7, 11) is 4.33. The van der Waals surface area contributed by atoms with Gasteiger partial charge >= 0.3 is 0 Å². The molecule has 0 radical (unpaired) electrons. The van der Waals surface area contributed by atoms with Crippen LogP contribution in [0.15, 0.2) is 66.0 Å². The van der Waals surface area contributed by atoms with Gasteiger partial charge in [0.2, 0.25) is 0 Å². The molecule has 3 heterocycles. The predicted molar refractivity (Wildman–Crippen MR) is 142 cm³/mol. The molecule has 1 unspecified atom stereocenters. The van der Waals surface area contributed by atoms with Crippen LogP contribution in [0.2, 0.25) is 0 Å². The van der Waals surface area contributed by atoms with Crippen molar-refractivity contribution in [3.63, 3.8) is 0 Å². The summed E-state index contributed by atoms with van der Waals surface area (Å²) in [4.78, 5) is 6.53. The molecule has 1 aromatic heterocycles. The normalized spacial score (nSPS) is 19.1. The maximum Gasteiger partial charge on any atom is 0.134 e. The number of ether oxygens (including phenoxy) is 1. The molecular formula is C29H37N3OS. The summed E-state index contributed by atoms with van der Waals surface area (Å²) in [5.41, 5.74) is 4.60. The van der Waals surface area contributed by atoms with Crippen molar-refractivity contribution in [2.24, 2.45) is 0 Å². The second kappa shape index (κ2) is 10.6. The third-order valence-corrected chi connectivity index (χ3v) is 8.77. The third-order valence-electron chi connectivity index (χ3n) is 7.80. The lowest BCUT2D eigenvalue weighted by molar-refractivity contribution is 0.0251. The molecule has 4 nitrogen and oxygen atoms in total. The molecule has 2 aromatic carbocycles. The molecule has 3 aromatic rings. The Morgan fingerprint density at radius 2 is 1.79 bits per heavy atom. The van der Waals surface area contributed by atoms with Crippen molar-refractivity contribution in [2.45, 2.75) is 43.9 Å². The molecule has 0 bridgehead atoms. The van der Waals surface area contributed by atoms with Crippen molar-refractivity contribution in [3.05, 3.63) is 87.6 Å². The van der Waals surface area contributed by atoms with Crippen LogP contribution < -0.4 is 10.1 Å². The predicted octanol–water partition coefficient (Wildman–Crippen LogP) is 5.46. The summed E-state index contributed by atoms with van der Waals surface area (Å²) in [6.45, 7) is 5.27. The summed E-state index contributed by atoms with van der Waals surface area (Å²) in [5.74, 6) is 1.03. The van der Waals surface area contributed by atoms with E-state index in [1.165, 1.54) is 29.7 Å². The Kier molecular flexibility index (Phi) is 7.35. The van der Waals surface area contributed by atoms with E-state index in [2.05, 4.69) is 88.2 Å². The van der Waals surface area contributed by atoms with Gasteiger partial charge in [0, 0.05) is 48.6 Å². The zero-order valence-corrected chi connectivity index (χ0v) is 21.3. The van der Waals surface area contributed by atoms with Crippen LogP contribution in [0.4, 0.5) is 0 Å². The Balaban J connectivity index is 1.29. The zero-order chi connectivity index (χ0) is 23.4. The molecule has 5 heteroatoms. The fourth-order valence-electron chi connectivity index (χ4n) is 5.78. The van der Waals surface area contributed by atoms with E-state index in [9.17, 15) is 0 Å². The van der Waals surface area contributed by atoms with Crippen LogP contribution >= 0.6 is 11.3 Å². The van der Waals surface area contributed by atoms with Gasteiger partial charge in [-0.2, -0.15) is 0 Å². The number of likely N-dealkylation sites (N-methyl/N-ethyl adjacent to an activating group) is 1. The Bertz CT molecular complexity index is 1060. The lowest BCUT2D eigenvalue weighted by Gasteiger charge is -2.51. The van der Waals surface area contributed by atoms with E-state index >= 15 is 0 Å². The van der Waals surface area contributed by atoms with E-state index in [1.807, 2.05) is 7.05 Å². The first-order valence-corrected chi connectivity index (χ1v) is 13.5. The fraction of sp³-hybridized carbons (Fsp3) is 0.448. The number of benzene rings is 2. The number of para-hydroxylation sites is 1. The first-order valence-electron chi connectivity index (χ1n) is 12.6. The minimum Gasteiger partial charge on any atom is -0.485 e. The van der Waals surface area contributed by atoms with Gasteiger partial charge in [-0.3, -0.25) is 9.80 Å². The monoisotopic (exact) mass is 475 g/mol. The minimum atomic E-state index is 0.0885. The molecular weight excluding hydrogens is 438 g/mol. The summed E-state index contributed by atoms with van der Waals surface area (Å²) >= 11 is 1.78. The molecule has 1 saturated heterocycles. The van der Waals surface area contributed by atoms with Crippen LogP contribution in [0.5, 0.6) is 5.75 Å². The van der Waals surface area contributed by atoms with Crippen LogP contribution in [0.25, 0.3) is 0 Å². The third kappa shape index (κ3) is 4.80. The standard InChI is InChI=1S/C29H37N3OS/c1-30-17-13-27(28-12-7-21-34-28)33-26-11-6-4-9-24(26)22-32-19-15-29(16-20-32)25-10-5-3-8-23(25)14-18-31(29)2/h3-12,21,27,30H,13-20,22H2,1-2H3. The summed E-state index contributed by atoms with van der Waals surface area (Å²) in [6, 6.07) is 22.1. The lowest BCUT2D eigenvalue weighted by Crippen LogP contribution is -2.54. The van der Waals surface area contributed by atoms with Crippen molar-refractivity contribution >= 4 is 11.3 Å². The number of hydrogen-bond acceptors (Lipinski definition) is 5. The molecule has 0 amide bonds. The molecule has 34 heavy (non-hydrogen) atoms. The number of fused-ring (bicyclic) bond motifs is 2. The quantitative estimate of drug-likeness (QED) is 0.468. The van der Waals surface area contributed by atoms with Crippen LogP contribution in [-0.2, 0) is 18.5 Å². The SMILES string of the molecule is CNCCC(Oc1ccccc1CN1CCC2(CC1)c1ccccc1CCN2C)c1cccs1.